The molecule has 0 aliphatic carbocycles. The van der Waals surface area contributed by atoms with E-state index in [1.165, 1.54) is 73.5 Å². The van der Waals surface area contributed by atoms with Crippen LogP contribution in [-0.2, 0) is 24.9 Å². The largest absolute Gasteiger partial charge is 0.512 e. The zero-order valence-corrected chi connectivity index (χ0v) is 30.3. The van der Waals surface area contributed by atoms with Crippen molar-refractivity contribution < 1.29 is 30.0 Å². The van der Waals surface area contributed by atoms with Crippen LogP contribution in [-0.4, -0.2) is 15.9 Å². The summed E-state index contributed by atoms with van der Waals surface area (Å²) in [7, 11) is 0. The number of aliphatic hydroxyl groups excluding tert-OH is 1. The van der Waals surface area contributed by atoms with Gasteiger partial charge < -0.3 is 5.11 Å². The predicted octanol–water partition coefficient (Wildman–Crippen LogP) is 11.9. The number of carbonyl (C=O) groups excluding carboxylic acids is 1. The summed E-state index contributed by atoms with van der Waals surface area (Å²) in [5, 5.41) is 14.5. The van der Waals surface area contributed by atoms with Gasteiger partial charge in [0.1, 0.15) is 0 Å². The van der Waals surface area contributed by atoms with Crippen molar-refractivity contribution in [3.63, 3.8) is 0 Å². The summed E-state index contributed by atoms with van der Waals surface area (Å²) in [4.78, 5) is 16.2. The van der Waals surface area contributed by atoms with Gasteiger partial charge >= 0.3 is 0 Å². The quantitative estimate of drug-likeness (QED) is 0.0815. The molecule has 7 rings (SSSR count). The summed E-state index contributed by atoms with van der Waals surface area (Å²) in [5.41, 5.74) is 8.46. The van der Waals surface area contributed by atoms with Crippen molar-refractivity contribution in [2.75, 3.05) is 0 Å². The Balaban J connectivity index is 0.000000491. The second kappa shape index (κ2) is 14.6. The average molecular weight is 811 g/mol. The van der Waals surface area contributed by atoms with Crippen LogP contribution in [0.4, 0.5) is 0 Å². The minimum Gasteiger partial charge on any atom is -0.512 e. The molecule has 0 saturated heterocycles. The van der Waals surface area contributed by atoms with Crippen molar-refractivity contribution in [2.45, 2.75) is 40.5 Å². The smallest absolute Gasteiger partial charge is 0.155 e. The van der Waals surface area contributed by atoms with Gasteiger partial charge in [0, 0.05) is 38.1 Å². The van der Waals surface area contributed by atoms with Gasteiger partial charge in [0.2, 0.25) is 0 Å². The van der Waals surface area contributed by atoms with Crippen LogP contribution in [0.2, 0.25) is 0 Å². The van der Waals surface area contributed by atoms with Crippen LogP contribution in [0.5, 0.6) is 0 Å². The van der Waals surface area contributed by atoms with Gasteiger partial charge in [-0.3, -0.25) is 9.78 Å². The molecule has 2 aromatic heterocycles. The molecule has 0 fully saturated rings. The number of ketones is 1. The van der Waals surface area contributed by atoms with Crippen molar-refractivity contribution >= 4 is 48.8 Å². The molecule has 0 unspecified atom stereocenters. The number of benzene rings is 5. The topological polar surface area (TPSA) is 50.2 Å². The van der Waals surface area contributed by atoms with Gasteiger partial charge in [0.25, 0.3) is 0 Å². The summed E-state index contributed by atoms with van der Waals surface area (Å²) < 4.78 is 1.26. The number of thiophene rings is 1. The van der Waals surface area contributed by atoms with Crippen LogP contribution in [0.3, 0.4) is 0 Å². The predicted molar refractivity (Wildman–Crippen MR) is 196 cm³/mol. The van der Waals surface area contributed by atoms with E-state index in [0.717, 1.165) is 22.0 Å². The van der Waals surface area contributed by atoms with Crippen LogP contribution >= 0.6 is 11.3 Å². The molecule has 0 aliphatic rings. The molecule has 5 heteroatoms. The summed E-state index contributed by atoms with van der Waals surface area (Å²) in [5.74, 6) is 0.404. The Bertz CT molecular complexity index is 2230. The molecule has 2 heterocycles. The minimum atomic E-state index is -0.125. The molecule has 47 heavy (non-hydrogen) atoms. The van der Waals surface area contributed by atoms with E-state index in [9.17, 15) is 4.79 Å². The monoisotopic (exact) mass is 811 g/mol. The van der Waals surface area contributed by atoms with Crippen molar-refractivity contribution in [2.24, 2.45) is 0 Å². The first kappa shape index (κ1) is 33.9. The van der Waals surface area contributed by atoms with Crippen molar-refractivity contribution in [1.29, 1.82) is 0 Å². The Labute approximate surface area is 294 Å². The first-order chi connectivity index (χ1) is 22.2. The molecule has 0 aliphatic heterocycles. The first-order valence-electron chi connectivity index (χ1n) is 15.5. The zero-order valence-electron chi connectivity index (χ0n) is 27.1. The van der Waals surface area contributed by atoms with Crippen LogP contribution in [0.15, 0.2) is 121 Å². The second-order valence-corrected chi connectivity index (χ2v) is 13.0. The fourth-order valence-electron chi connectivity index (χ4n) is 6.26. The number of hydrogen-bond donors (Lipinski definition) is 1. The van der Waals surface area contributed by atoms with E-state index in [2.05, 4.69) is 130 Å². The Kier molecular flexibility index (Phi) is 10.5. The molecule has 0 spiro atoms. The molecular weight excluding hydrogens is 775 g/mol. The molecule has 7 aromatic rings. The number of fused-ring (bicyclic) bond motifs is 4. The fraction of sp³-hybridized carbons (Fsp3) is 0.143. The van der Waals surface area contributed by atoms with Crippen LogP contribution in [0.1, 0.15) is 44.7 Å². The van der Waals surface area contributed by atoms with E-state index in [-0.39, 0.29) is 31.6 Å². The maximum atomic E-state index is 10.0. The third-order valence-electron chi connectivity index (χ3n) is 8.12. The molecule has 237 valence electrons. The molecule has 0 bridgehead atoms. The summed E-state index contributed by atoms with van der Waals surface area (Å²) >= 11 is 1.84. The molecule has 0 atom stereocenters. The number of rotatable bonds is 5. The van der Waals surface area contributed by atoms with E-state index in [1.807, 2.05) is 17.5 Å². The summed E-state index contributed by atoms with van der Waals surface area (Å²) in [6.07, 6.45) is 3.12. The molecule has 0 saturated carbocycles. The van der Waals surface area contributed by atoms with Gasteiger partial charge in [-0.2, -0.15) is 11.3 Å². The van der Waals surface area contributed by atoms with Gasteiger partial charge in [0.15, 0.2) is 5.78 Å². The first-order valence-corrected chi connectivity index (χ1v) is 16.3. The number of carbonyl (C=O) groups is 1. The maximum absolute atomic E-state index is 10.0. The van der Waals surface area contributed by atoms with Crippen LogP contribution < -0.4 is 0 Å². The number of aryl methyl sites for hydroxylation is 1. The standard InChI is InChI=1S/C37H28NS.C5H8O2.Ir/c1-23(2)35-24(3)14-15-29-30-18-19-38-36(32(30)17-16-31(29)35)27-20-28-22-34(26-12-8-5-9-13-26)39-37(28)33(21-27)25-10-6-4-7-11-25;1-4(6)3-5(2)7;/h4-19,21-23H,1-3H3;3,6H,1-2H3;/q-1;;/b;4-3-;. The molecule has 5 aromatic carbocycles. The Morgan fingerprint density at radius 2 is 1.43 bits per heavy atom. The number of pyridine rings is 1. The van der Waals surface area contributed by atoms with E-state index in [0.29, 0.717) is 5.92 Å². The van der Waals surface area contributed by atoms with Gasteiger partial charge in [-0.1, -0.05) is 110 Å². The third kappa shape index (κ3) is 7.13. The van der Waals surface area contributed by atoms with E-state index < -0.39 is 0 Å². The van der Waals surface area contributed by atoms with Crippen molar-refractivity contribution in [3.05, 3.63) is 138 Å². The normalized spacial score (nSPS) is 11.4. The van der Waals surface area contributed by atoms with E-state index in [4.69, 9.17) is 10.1 Å². The number of nitrogens with zero attached hydrogens (tertiary/aromatic N) is 1. The third-order valence-corrected chi connectivity index (χ3v) is 9.34. The Morgan fingerprint density at radius 3 is 2.04 bits per heavy atom. The molecular formula is C42H36IrNO2S-. The number of allylic oxidation sites excluding steroid dienone is 2. The van der Waals surface area contributed by atoms with Gasteiger partial charge in [-0.05, 0) is 86.1 Å². The molecule has 3 nitrogen and oxygen atoms in total. The van der Waals surface area contributed by atoms with Gasteiger partial charge in [0.05, 0.1) is 5.76 Å². The van der Waals surface area contributed by atoms with Crippen molar-refractivity contribution in [3.8, 4) is 32.8 Å². The fourth-order valence-corrected chi connectivity index (χ4v) is 7.42. The number of hydrogen-bond acceptors (Lipinski definition) is 4. The second-order valence-electron chi connectivity index (χ2n) is 11.9. The Morgan fingerprint density at radius 1 is 0.809 bits per heavy atom. The average Bonchev–Trinajstić information content (AvgIpc) is 3.48. The van der Waals surface area contributed by atoms with E-state index in [1.54, 1.807) is 0 Å². The van der Waals surface area contributed by atoms with Gasteiger partial charge in [-0.15, -0.1) is 23.6 Å². The summed E-state index contributed by atoms with van der Waals surface area (Å²) in [6.45, 7) is 9.63. The molecule has 1 N–H and O–H groups in total. The minimum absolute atomic E-state index is 0. The van der Waals surface area contributed by atoms with E-state index >= 15 is 0 Å². The van der Waals surface area contributed by atoms with Crippen LogP contribution in [0.25, 0.3) is 64.5 Å². The maximum Gasteiger partial charge on any atom is 0.155 e. The SMILES string of the molecule is CC(=O)/C=C(/C)O.Cc1ccc2c(ccc3c(-c4[c-]c5cc(-c6ccccc6)sc5c(-c5ccccc5)c4)nccc32)c1C(C)C.[Ir]. The molecule has 0 amide bonds. The van der Waals surface area contributed by atoms with Crippen molar-refractivity contribution in [1.82, 2.24) is 4.98 Å². The number of aliphatic hydroxyl groups is 1. The molecule has 1 radical (unpaired) electrons. The zero-order chi connectivity index (χ0) is 32.4. The Hall–Kier alpha value is -4.41. The van der Waals surface area contributed by atoms with Gasteiger partial charge in [-0.25, -0.2) is 0 Å². The van der Waals surface area contributed by atoms with Crippen LogP contribution in [0, 0.1) is 13.0 Å². The number of aromatic nitrogens is 1. The summed E-state index contributed by atoms with van der Waals surface area (Å²) in [6, 6.07) is 40.9.